The third-order valence-corrected chi connectivity index (χ3v) is 5.17. The van der Waals surface area contributed by atoms with Gasteiger partial charge in [-0.3, -0.25) is 14.2 Å². The van der Waals surface area contributed by atoms with E-state index in [1.807, 2.05) is 20.8 Å². The Hall–Kier alpha value is -1.73. The zero-order valence-corrected chi connectivity index (χ0v) is 13.8. The summed E-state index contributed by atoms with van der Waals surface area (Å²) in [6.07, 6.45) is 1.51. The Morgan fingerprint density at radius 1 is 1.50 bits per heavy atom. The highest BCUT2D eigenvalue weighted by Crippen LogP contribution is 2.25. The Morgan fingerprint density at radius 3 is 3.00 bits per heavy atom. The average Bonchev–Trinajstić information content (AvgIpc) is 2.78. The second kappa shape index (κ2) is 5.81. The molecule has 118 valence electrons. The number of thiophene rings is 1. The minimum atomic E-state index is -0.137. The van der Waals surface area contributed by atoms with E-state index >= 15 is 0 Å². The minimum absolute atomic E-state index is 0.0306. The number of hydrogen-bond acceptors (Lipinski definition) is 5. The number of amides is 1. The standard InChI is InChI=1S/C15H19N3O3S/c1-9-6-17(4-5-21-9)12(19)7-18-8-16-14-13(15(18)20)10(2)11(3)22-14/h8-9H,4-7H2,1-3H3/t9-/m1/s1. The van der Waals surface area contributed by atoms with Crippen LogP contribution < -0.4 is 5.56 Å². The van der Waals surface area contributed by atoms with Gasteiger partial charge >= 0.3 is 0 Å². The van der Waals surface area contributed by atoms with Gasteiger partial charge in [0.25, 0.3) is 5.56 Å². The molecule has 1 atom stereocenters. The Bertz CT molecular complexity index is 780. The van der Waals surface area contributed by atoms with Crippen molar-refractivity contribution in [3.05, 3.63) is 27.1 Å². The van der Waals surface area contributed by atoms with Gasteiger partial charge in [-0.1, -0.05) is 0 Å². The molecule has 2 aromatic rings. The summed E-state index contributed by atoms with van der Waals surface area (Å²) in [4.78, 5) is 32.9. The van der Waals surface area contributed by atoms with Crippen molar-refractivity contribution in [2.45, 2.75) is 33.4 Å². The Morgan fingerprint density at radius 2 is 2.27 bits per heavy atom. The van der Waals surface area contributed by atoms with Gasteiger partial charge in [0.15, 0.2) is 0 Å². The first-order valence-corrected chi connectivity index (χ1v) is 8.13. The van der Waals surface area contributed by atoms with Crippen LogP contribution in [0.3, 0.4) is 0 Å². The Balaban J connectivity index is 1.88. The highest BCUT2D eigenvalue weighted by Gasteiger charge is 2.22. The van der Waals surface area contributed by atoms with Gasteiger partial charge in [0.05, 0.1) is 24.4 Å². The maximum absolute atomic E-state index is 12.6. The molecule has 6 nitrogen and oxygen atoms in total. The second-order valence-electron chi connectivity index (χ2n) is 5.66. The maximum Gasteiger partial charge on any atom is 0.262 e. The summed E-state index contributed by atoms with van der Waals surface area (Å²) in [6, 6.07) is 0. The van der Waals surface area contributed by atoms with E-state index in [0.717, 1.165) is 15.3 Å². The number of hydrogen-bond donors (Lipinski definition) is 0. The molecule has 0 radical (unpaired) electrons. The SMILES string of the molecule is Cc1sc2ncn(CC(=O)N3CCO[C@H](C)C3)c(=O)c2c1C. The molecule has 0 saturated carbocycles. The predicted molar refractivity (Wildman–Crippen MR) is 85.3 cm³/mol. The van der Waals surface area contributed by atoms with Crippen molar-refractivity contribution < 1.29 is 9.53 Å². The van der Waals surface area contributed by atoms with Crippen molar-refractivity contribution in [2.24, 2.45) is 0 Å². The fraction of sp³-hybridized carbons (Fsp3) is 0.533. The lowest BCUT2D eigenvalue weighted by Crippen LogP contribution is -2.46. The molecular formula is C15H19N3O3S. The van der Waals surface area contributed by atoms with Gasteiger partial charge in [0.2, 0.25) is 5.91 Å². The third kappa shape index (κ3) is 2.66. The molecule has 3 rings (SSSR count). The molecule has 1 aliphatic heterocycles. The quantitative estimate of drug-likeness (QED) is 0.837. The molecule has 0 N–H and O–H groups in total. The van der Waals surface area contributed by atoms with Gasteiger partial charge in [-0.15, -0.1) is 11.3 Å². The van der Waals surface area contributed by atoms with Crippen LogP contribution in [0.4, 0.5) is 0 Å². The van der Waals surface area contributed by atoms with Crippen LogP contribution in [0.1, 0.15) is 17.4 Å². The zero-order valence-electron chi connectivity index (χ0n) is 13.0. The molecular weight excluding hydrogens is 302 g/mol. The summed E-state index contributed by atoms with van der Waals surface area (Å²) in [5, 5.41) is 0.633. The molecule has 0 aromatic carbocycles. The van der Waals surface area contributed by atoms with Crippen LogP contribution in [0.2, 0.25) is 0 Å². The van der Waals surface area contributed by atoms with Gasteiger partial charge in [-0.25, -0.2) is 4.98 Å². The lowest BCUT2D eigenvalue weighted by molar-refractivity contribution is -0.138. The summed E-state index contributed by atoms with van der Waals surface area (Å²) in [5.74, 6) is -0.0667. The topological polar surface area (TPSA) is 64.4 Å². The van der Waals surface area contributed by atoms with Crippen molar-refractivity contribution in [3.8, 4) is 0 Å². The summed E-state index contributed by atoms with van der Waals surface area (Å²) < 4.78 is 6.84. The van der Waals surface area contributed by atoms with Crippen molar-refractivity contribution in [3.63, 3.8) is 0 Å². The molecule has 0 spiro atoms. The summed E-state index contributed by atoms with van der Waals surface area (Å²) in [5.41, 5.74) is 0.820. The van der Waals surface area contributed by atoms with Crippen LogP contribution in [-0.4, -0.2) is 46.2 Å². The normalized spacial score (nSPS) is 18.9. The van der Waals surface area contributed by atoms with Gasteiger partial charge in [0.1, 0.15) is 11.4 Å². The van der Waals surface area contributed by atoms with Crippen LogP contribution in [0.25, 0.3) is 10.2 Å². The maximum atomic E-state index is 12.6. The molecule has 0 aliphatic carbocycles. The molecule has 0 bridgehead atoms. The second-order valence-corrected chi connectivity index (χ2v) is 6.87. The lowest BCUT2D eigenvalue weighted by Gasteiger charge is -2.31. The number of ether oxygens (including phenoxy) is 1. The molecule has 1 saturated heterocycles. The third-order valence-electron chi connectivity index (χ3n) is 4.06. The molecule has 1 fully saturated rings. The van der Waals surface area contributed by atoms with Crippen LogP contribution in [-0.2, 0) is 16.1 Å². The number of aromatic nitrogens is 2. The van der Waals surface area contributed by atoms with E-state index in [9.17, 15) is 9.59 Å². The van der Waals surface area contributed by atoms with Crippen molar-refractivity contribution in [1.82, 2.24) is 14.5 Å². The smallest absolute Gasteiger partial charge is 0.262 e. The van der Waals surface area contributed by atoms with Gasteiger partial charge in [0, 0.05) is 18.0 Å². The summed E-state index contributed by atoms with van der Waals surface area (Å²) >= 11 is 1.51. The summed E-state index contributed by atoms with van der Waals surface area (Å²) in [6.45, 7) is 7.56. The molecule has 22 heavy (non-hydrogen) atoms. The predicted octanol–water partition coefficient (Wildman–Crippen LogP) is 1.32. The molecule has 1 amide bonds. The van der Waals surface area contributed by atoms with E-state index in [2.05, 4.69) is 4.98 Å². The van der Waals surface area contributed by atoms with E-state index in [-0.39, 0.29) is 24.1 Å². The average molecular weight is 321 g/mol. The molecule has 0 unspecified atom stereocenters. The van der Waals surface area contributed by atoms with Crippen LogP contribution in [0, 0.1) is 13.8 Å². The molecule has 1 aliphatic rings. The number of nitrogens with zero attached hydrogens (tertiary/aromatic N) is 3. The van der Waals surface area contributed by atoms with Gasteiger partial charge < -0.3 is 9.64 Å². The minimum Gasteiger partial charge on any atom is -0.375 e. The first kappa shape index (κ1) is 15.2. The van der Waals surface area contributed by atoms with Crippen molar-refractivity contribution in [1.29, 1.82) is 0 Å². The molecule has 3 heterocycles. The highest BCUT2D eigenvalue weighted by atomic mass is 32.1. The van der Waals surface area contributed by atoms with Crippen molar-refractivity contribution in [2.75, 3.05) is 19.7 Å². The number of rotatable bonds is 2. The fourth-order valence-corrected chi connectivity index (χ4v) is 3.66. The van der Waals surface area contributed by atoms with E-state index in [1.54, 1.807) is 4.90 Å². The van der Waals surface area contributed by atoms with Gasteiger partial charge in [-0.2, -0.15) is 0 Å². The number of carbonyl (C=O) groups is 1. The van der Waals surface area contributed by atoms with Crippen LogP contribution >= 0.6 is 11.3 Å². The molecule has 7 heteroatoms. The first-order chi connectivity index (χ1) is 10.5. The fourth-order valence-electron chi connectivity index (χ4n) is 2.67. The highest BCUT2D eigenvalue weighted by molar-refractivity contribution is 7.18. The lowest BCUT2D eigenvalue weighted by atomic mass is 10.2. The number of aryl methyl sites for hydroxylation is 2. The van der Waals surface area contributed by atoms with E-state index < -0.39 is 0 Å². The van der Waals surface area contributed by atoms with Crippen molar-refractivity contribution >= 4 is 27.5 Å². The largest absolute Gasteiger partial charge is 0.375 e. The van der Waals surface area contributed by atoms with E-state index in [4.69, 9.17) is 4.74 Å². The van der Waals surface area contributed by atoms with Crippen LogP contribution in [0.15, 0.2) is 11.1 Å². The number of carbonyl (C=O) groups excluding carboxylic acids is 1. The van der Waals surface area contributed by atoms with E-state index in [1.165, 1.54) is 22.2 Å². The Kier molecular flexibility index (Phi) is 4.01. The molecule has 2 aromatic heterocycles. The number of morpholine rings is 1. The van der Waals surface area contributed by atoms with E-state index in [0.29, 0.717) is 25.1 Å². The summed E-state index contributed by atoms with van der Waals surface area (Å²) in [7, 11) is 0. The number of fused-ring (bicyclic) bond motifs is 1. The monoisotopic (exact) mass is 321 g/mol. The zero-order chi connectivity index (χ0) is 15.9. The van der Waals surface area contributed by atoms with Gasteiger partial charge in [-0.05, 0) is 26.3 Å². The first-order valence-electron chi connectivity index (χ1n) is 7.32. The Labute approximate surface area is 132 Å². The van der Waals surface area contributed by atoms with Crippen LogP contribution in [0.5, 0.6) is 0 Å².